The van der Waals surface area contributed by atoms with Gasteiger partial charge in [-0.15, -0.1) is 0 Å². The molecule has 1 amide bonds. The number of Topliss-reactive ketones (excluding diaryl/α,β-unsaturated/α-hetero) is 1. The van der Waals surface area contributed by atoms with Gasteiger partial charge in [0.25, 0.3) is 0 Å². The Kier molecular flexibility index (Phi) is 5.36. The maximum absolute atomic E-state index is 11.7. The van der Waals surface area contributed by atoms with E-state index in [2.05, 4.69) is 5.32 Å². The molecule has 0 bridgehead atoms. The van der Waals surface area contributed by atoms with Crippen molar-refractivity contribution in [3.8, 4) is 11.5 Å². The third kappa shape index (κ3) is 4.28. The van der Waals surface area contributed by atoms with Crippen LogP contribution < -0.4 is 14.8 Å². The summed E-state index contributed by atoms with van der Waals surface area (Å²) < 4.78 is 10.4. The number of nitrogens with one attached hydrogen (secondary N) is 1. The molecule has 1 aromatic rings. The summed E-state index contributed by atoms with van der Waals surface area (Å²) in [7, 11) is 3.10. The van der Waals surface area contributed by atoms with Crippen molar-refractivity contribution in [2.75, 3.05) is 19.5 Å². The number of amides is 1. The molecule has 5 heteroatoms. The fourth-order valence-electron chi connectivity index (χ4n) is 1.65. The van der Waals surface area contributed by atoms with E-state index in [-0.39, 0.29) is 24.5 Å². The van der Waals surface area contributed by atoms with Crippen LogP contribution in [0, 0.1) is 6.92 Å². The second kappa shape index (κ2) is 6.78. The third-order valence-corrected chi connectivity index (χ3v) is 2.70. The van der Waals surface area contributed by atoms with Gasteiger partial charge in [0.1, 0.15) is 17.3 Å². The average molecular weight is 265 g/mol. The van der Waals surface area contributed by atoms with Crippen molar-refractivity contribution in [1.29, 1.82) is 0 Å². The van der Waals surface area contributed by atoms with Crippen LogP contribution in [0.4, 0.5) is 5.69 Å². The van der Waals surface area contributed by atoms with Crippen LogP contribution in [0.25, 0.3) is 0 Å². The molecule has 19 heavy (non-hydrogen) atoms. The van der Waals surface area contributed by atoms with Gasteiger partial charge < -0.3 is 19.6 Å². The highest BCUT2D eigenvalue weighted by Gasteiger charge is 2.12. The highest BCUT2D eigenvalue weighted by atomic mass is 16.5. The molecule has 1 rings (SSSR count). The molecule has 0 aliphatic carbocycles. The van der Waals surface area contributed by atoms with Crippen LogP contribution in [0.3, 0.4) is 0 Å². The first-order chi connectivity index (χ1) is 8.97. The molecule has 0 saturated carbocycles. The second-order valence-corrected chi connectivity index (χ2v) is 4.27. The minimum atomic E-state index is -0.207. The predicted molar refractivity (Wildman–Crippen MR) is 72.8 cm³/mol. The molecule has 0 aliphatic heterocycles. The first kappa shape index (κ1) is 15.0. The van der Waals surface area contributed by atoms with Gasteiger partial charge in [0.2, 0.25) is 5.91 Å². The highest BCUT2D eigenvalue weighted by molar-refractivity contribution is 5.95. The summed E-state index contributed by atoms with van der Waals surface area (Å²) in [5, 5.41) is 2.76. The lowest BCUT2D eigenvalue weighted by Crippen LogP contribution is -2.14. The number of aryl methyl sites for hydroxylation is 1. The maximum atomic E-state index is 11.7. The first-order valence-electron chi connectivity index (χ1n) is 5.99. The van der Waals surface area contributed by atoms with E-state index in [1.165, 1.54) is 14.0 Å². The molecular weight excluding hydrogens is 246 g/mol. The number of carbonyl (C=O) groups is 2. The van der Waals surface area contributed by atoms with Crippen LogP contribution in [-0.4, -0.2) is 25.9 Å². The van der Waals surface area contributed by atoms with E-state index in [1.807, 2.05) is 13.0 Å². The largest absolute Gasteiger partial charge is 0.497 e. The fourth-order valence-corrected chi connectivity index (χ4v) is 1.65. The van der Waals surface area contributed by atoms with Crippen molar-refractivity contribution in [3.05, 3.63) is 17.7 Å². The summed E-state index contributed by atoms with van der Waals surface area (Å²) in [5.41, 5.74) is 1.45. The molecule has 0 spiro atoms. The van der Waals surface area contributed by atoms with Crippen LogP contribution in [0.1, 0.15) is 25.3 Å². The minimum absolute atomic E-state index is 0.00596. The number of ether oxygens (including phenoxy) is 2. The zero-order valence-electron chi connectivity index (χ0n) is 11.7. The lowest BCUT2D eigenvalue weighted by atomic mass is 10.1. The van der Waals surface area contributed by atoms with Crippen molar-refractivity contribution in [2.45, 2.75) is 26.7 Å². The SMILES string of the molecule is COc1cc(C)c(NC(=O)CCC(C)=O)c(OC)c1. The predicted octanol–water partition coefficient (Wildman–Crippen LogP) is 2.32. The van der Waals surface area contributed by atoms with Gasteiger partial charge >= 0.3 is 0 Å². The van der Waals surface area contributed by atoms with E-state index in [4.69, 9.17) is 9.47 Å². The Morgan fingerprint density at radius 1 is 1.16 bits per heavy atom. The molecule has 0 saturated heterocycles. The van der Waals surface area contributed by atoms with E-state index in [1.54, 1.807) is 13.2 Å². The molecule has 1 N–H and O–H groups in total. The fraction of sp³-hybridized carbons (Fsp3) is 0.429. The smallest absolute Gasteiger partial charge is 0.224 e. The topological polar surface area (TPSA) is 64.6 Å². The Hall–Kier alpha value is -2.04. The summed E-state index contributed by atoms with van der Waals surface area (Å²) in [6.07, 6.45) is 0.410. The number of rotatable bonds is 6. The zero-order valence-corrected chi connectivity index (χ0v) is 11.7. The molecule has 0 aromatic heterocycles. The number of hydrogen-bond donors (Lipinski definition) is 1. The van der Waals surface area contributed by atoms with Gasteiger partial charge in [-0.2, -0.15) is 0 Å². The molecule has 1 aromatic carbocycles. The highest BCUT2D eigenvalue weighted by Crippen LogP contribution is 2.33. The molecule has 0 unspecified atom stereocenters. The van der Waals surface area contributed by atoms with E-state index < -0.39 is 0 Å². The monoisotopic (exact) mass is 265 g/mol. The summed E-state index contributed by atoms with van der Waals surface area (Å²) in [6.45, 7) is 3.32. The maximum Gasteiger partial charge on any atom is 0.224 e. The Balaban J connectivity index is 2.88. The molecule has 0 atom stereocenters. The summed E-state index contributed by atoms with van der Waals surface area (Å²) >= 11 is 0. The van der Waals surface area contributed by atoms with Gasteiger partial charge in [0.05, 0.1) is 19.9 Å². The van der Waals surface area contributed by atoms with E-state index in [9.17, 15) is 9.59 Å². The van der Waals surface area contributed by atoms with E-state index >= 15 is 0 Å². The minimum Gasteiger partial charge on any atom is -0.497 e. The first-order valence-corrected chi connectivity index (χ1v) is 5.99. The zero-order chi connectivity index (χ0) is 14.4. The van der Waals surface area contributed by atoms with Crippen LogP contribution in [0.2, 0.25) is 0 Å². The molecule has 0 aliphatic rings. The van der Waals surface area contributed by atoms with Crippen molar-refractivity contribution in [3.63, 3.8) is 0 Å². The van der Waals surface area contributed by atoms with Crippen LogP contribution in [0.5, 0.6) is 11.5 Å². The summed E-state index contributed by atoms with van der Waals surface area (Å²) in [4.78, 5) is 22.6. The molecule has 5 nitrogen and oxygen atoms in total. The lowest BCUT2D eigenvalue weighted by Gasteiger charge is -2.14. The van der Waals surface area contributed by atoms with Crippen LogP contribution >= 0.6 is 0 Å². The molecule has 104 valence electrons. The lowest BCUT2D eigenvalue weighted by molar-refractivity contribution is -0.121. The quantitative estimate of drug-likeness (QED) is 0.857. The molecule has 0 radical (unpaired) electrons. The van der Waals surface area contributed by atoms with Gasteiger partial charge in [-0.3, -0.25) is 4.79 Å². The van der Waals surface area contributed by atoms with Crippen LogP contribution in [-0.2, 0) is 9.59 Å². The number of benzene rings is 1. The van der Waals surface area contributed by atoms with Crippen molar-refractivity contribution in [1.82, 2.24) is 0 Å². The normalized spacial score (nSPS) is 9.89. The Labute approximate surface area is 112 Å². The second-order valence-electron chi connectivity index (χ2n) is 4.27. The molecular formula is C14H19NO4. The summed E-state index contributed by atoms with van der Waals surface area (Å²) in [5.74, 6) is 0.986. The van der Waals surface area contributed by atoms with Crippen molar-refractivity contribution >= 4 is 17.4 Å². The Morgan fingerprint density at radius 3 is 2.37 bits per heavy atom. The number of anilines is 1. The average Bonchev–Trinajstić information content (AvgIpc) is 2.38. The number of hydrogen-bond acceptors (Lipinski definition) is 4. The van der Waals surface area contributed by atoms with E-state index in [0.717, 1.165) is 5.56 Å². The van der Waals surface area contributed by atoms with Crippen molar-refractivity contribution in [2.24, 2.45) is 0 Å². The van der Waals surface area contributed by atoms with Gasteiger partial charge in [-0.05, 0) is 25.5 Å². The van der Waals surface area contributed by atoms with Gasteiger partial charge in [0.15, 0.2) is 0 Å². The van der Waals surface area contributed by atoms with Gasteiger partial charge in [-0.25, -0.2) is 0 Å². The Bertz CT molecular complexity index is 483. The molecule has 0 fully saturated rings. The number of carbonyl (C=O) groups excluding carboxylic acids is 2. The van der Waals surface area contributed by atoms with Crippen molar-refractivity contribution < 1.29 is 19.1 Å². The van der Waals surface area contributed by atoms with Gasteiger partial charge in [-0.1, -0.05) is 0 Å². The van der Waals surface area contributed by atoms with E-state index in [0.29, 0.717) is 17.2 Å². The molecule has 0 heterocycles. The summed E-state index contributed by atoms with van der Waals surface area (Å²) in [6, 6.07) is 3.51. The Morgan fingerprint density at radius 2 is 1.84 bits per heavy atom. The third-order valence-electron chi connectivity index (χ3n) is 2.70. The number of ketones is 1. The van der Waals surface area contributed by atoms with Crippen LogP contribution in [0.15, 0.2) is 12.1 Å². The number of methoxy groups -OCH3 is 2. The van der Waals surface area contributed by atoms with Gasteiger partial charge in [0, 0.05) is 18.9 Å². The standard InChI is InChI=1S/C14H19NO4/c1-9-7-11(18-3)8-12(19-4)14(9)15-13(17)6-5-10(2)16/h7-8H,5-6H2,1-4H3,(H,15,17).